The number of nitrogens with zero attached hydrogens (tertiary/aromatic N) is 2. The highest BCUT2D eigenvalue weighted by molar-refractivity contribution is 6.10. The van der Waals surface area contributed by atoms with E-state index in [9.17, 15) is 0 Å². The van der Waals surface area contributed by atoms with E-state index in [1.54, 1.807) is 0 Å². The first-order chi connectivity index (χ1) is 31.2. The van der Waals surface area contributed by atoms with Gasteiger partial charge in [-0.2, -0.15) is 0 Å². The van der Waals surface area contributed by atoms with Crippen molar-refractivity contribution in [2.24, 2.45) is 0 Å². The van der Waals surface area contributed by atoms with Crippen LogP contribution in [0.25, 0.3) is 88.6 Å². The number of hydrogen-bond donors (Lipinski definition) is 1. The predicted octanol–water partition coefficient (Wildman–Crippen LogP) is 15.6. The van der Waals surface area contributed by atoms with Crippen molar-refractivity contribution in [3.63, 3.8) is 0 Å². The molecule has 9 aromatic carbocycles. The molecule has 0 bridgehead atoms. The van der Waals surface area contributed by atoms with E-state index in [2.05, 4.69) is 246 Å². The molecule has 0 amide bonds. The van der Waals surface area contributed by atoms with Crippen molar-refractivity contribution in [1.82, 2.24) is 9.55 Å². The van der Waals surface area contributed by atoms with Crippen molar-refractivity contribution in [3.05, 3.63) is 253 Å². The Morgan fingerprint density at radius 2 is 0.937 bits per heavy atom. The molecular weight excluding hydrogens is 763 g/mol. The SMILES string of the molecule is C1=C(c2ccccc2)c2c(ccc3c(-c4cccc(-c5cc(-c6ccccc6)nc(-c6ccc(-n7c8ccccc8c8ccccc87)cc6)c5)c4)cccc23)NC1c1ccccc1. The molecule has 0 fully saturated rings. The summed E-state index contributed by atoms with van der Waals surface area (Å²) < 4.78 is 2.36. The third-order valence-electron chi connectivity index (χ3n) is 12.6. The number of fused-ring (bicyclic) bond motifs is 6. The van der Waals surface area contributed by atoms with Gasteiger partial charge in [0.05, 0.1) is 28.5 Å². The summed E-state index contributed by atoms with van der Waals surface area (Å²) in [6, 6.07) is 83.0. The number of benzene rings is 9. The lowest BCUT2D eigenvalue weighted by molar-refractivity contribution is 0.974. The Morgan fingerprint density at radius 3 is 1.63 bits per heavy atom. The minimum absolute atomic E-state index is 0.0651. The summed E-state index contributed by atoms with van der Waals surface area (Å²) in [6.45, 7) is 0. The van der Waals surface area contributed by atoms with E-state index >= 15 is 0 Å². The number of hydrogen-bond acceptors (Lipinski definition) is 2. The van der Waals surface area contributed by atoms with Gasteiger partial charge < -0.3 is 9.88 Å². The van der Waals surface area contributed by atoms with Crippen LogP contribution < -0.4 is 5.32 Å². The molecule has 3 nitrogen and oxygen atoms in total. The van der Waals surface area contributed by atoms with E-state index in [1.807, 2.05) is 0 Å². The third-order valence-corrected chi connectivity index (χ3v) is 12.6. The molecule has 0 saturated heterocycles. The molecule has 0 spiro atoms. The highest BCUT2D eigenvalue weighted by atomic mass is 15.0. The van der Waals surface area contributed by atoms with Gasteiger partial charge in [0.15, 0.2) is 0 Å². The molecule has 0 aliphatic carbocycles. The van der Waals surface area contributed by atoms with Gasteiger partial charge in [0.1, 0.15) is 0 Å². The first kappa shape index (κ1) is 36.6. The summed E-state index contributed by atoms with van der Waals surface area (Å²) in [5.41, 5.74) is 18.3. The second kappa shape index (κ2) is 15.3. The van der Waals surface area contributed by atoms with Gasteiger partial charge in [-0.1, -0.05) is 182 Å². The monoisotopic (exact) mass is 803 g/mol. The number of anilines is 1. The number of nitrogens with one attached hydrogen (secondary N) is 1. The average molecular weight is 804 g/mol. The lowest BCUT2D eigenvalue weighted by Crippen LogP contribution is -2.15. The van der Waals surface area contributed by atoms with Gasteiger partial charge in [-0.15, -0.1) is 0 Å². The molecule has 3 heteroatoms. The molecule has 63 heavy (non-hydrogen) atoms. The molecular formula is C60H41N3. The van der Waals surface area contributed by atoms with Crippen molar-refractivity contribution in [3.8, 4) is 50.5 Å². The van der Waals surface area contributed by atoms with Crippen LogP contribution in [0.1, 0.15) is 22.7 Å². The smallest absolute Gasteiger partial charge is 0.0715 e. The van der Waals surface area contributed by atoms with Crippen molar-refractivity contribution in [2.75, 3.05) is 5.32 Å². The minimum Gasteiger partial charge on any atom is -0.374 e. The Kier molecular flexibility index (Phi) is 8.90. The van der Waals surface area contributed by atoms with Gasteiger partial charge in [0.2, 0.25) is 0 Å². The van der Waals surface area contributed by atoms with E-state index < -0.39 is 0 Å². The highest BCUT2D eigenvalue weighted by Gasteiger charge is 2.24. The van der Waals surface area contributed by atoms with Crippen LogP contribution in [-0.2, 0) is 0 Å². The zero-order valence-corrected chi connectivity index (χ0v) is 34.5. The Balaban J connectivity index is 0.956. The Hall–Kier alpha value is -8.27. The minimum atomic E-state index is 0.0651. The molecule has 0 saturated carbocycles. The quantitative estimate of drug-likeness (QED) is 0.174. The molecule has 11 aromatic rings. The van der Waals surface area contributed by atoms with Crippen molar-refractivity contribution >= 4 is 43.8 Å². The van der Waals surface area contributed by atoms with Crippen LogP contribution >= 0.6 is 0 Å². The molecule has 1 N–H and O–H groups in total. The van der Waals surface area contributed by atoms with Crippen LogP contribution in [0.5, 0.6) is 0 Å². The number of pyridine rings is 1. The lowest BCUT2D eigenvalue weighted by atomic mass is 9.85. The fourth-order valence-electron chi connectivity index (χ4n) is 9.63. The zero-order chi connectivity index (χ0) is 41.7. The number of aromatic nitrogens is 2. The van der Waals surface area contributed by atoms with Crippen molar-refractivity contribution in [1.29, 1.82) is 0 Å². The average Bonchev–Trinajstić information content (AvgIpc) is 3.71. The standard InChI is InChI=1S/C60H41N3/c1-4-16-40(17-5-1)53-39-57(42-20-8-3-9-21-42)61-54-35-34-49-48(26-15-27-52(49)60(53)54)45-23-14-22-44(36-45)46-37-55(41-18-6-2-7-19-41)62-56(38-46)43-30-32-47(33-31-43)63-58-28-12-10-24-50(58)51-25-11-13-29-59(51)63/h1-39,57,61H. The van der Waals surface area contributed by atoms with Gasteiger partial charge in [0.25, 0.3) is 0 Å². The first-order valence-electron chi connectivity index (χ1n) is 21.7. The van der Waals surface area contributed by atoms with E-state index in [0.29, 0.717) is 0 Å². The molecule has 3 heterocycles. The summed E-state index contributed by atoms with van der Waals surface area (Å²) in [4.78, 5) is 5.29. The van der Waals surface area contributed by atoms with E-state index in [-0.39, 0.29) is 6.04 Å². The largest absolute Gasteiger partial charge is 0.374 e. The first-order valence-corrected chi connectivity index (χ1v) is 21.7. The van der Waals surface area contributed by atoms with Crippen molar-refractivity contribution < 1.29 is 0 Å². The van der Waals surface area contributed by atoms with Crippen LogP contribution in [0.3, 0.4) is 0 Å². The maximum Gasteiger partial charge on any atom is 0.0715 e. The van der Waals surface area contributed by atoms with Gasteiger partial charge in [-0.25, -0.2) is 4.98 Å². The zero-order valence-electron chi connectivity index (χ0n) is 34.5. The normalized spacial score (nSPS) is 13.5. The van der Waals surface area contributed by atoms with E-state index in [4.69, 9.17) is 4.98 Å². The van der Waals surface area contributed by atoms with Crippen LogP contribution in [0, 0.1) is 0 Å². The lowest BCUT2D eigenvalue weighted by Gasteiger charge is -2.29. The van der Waals surface area contributed by atoms with Gasteiger partial charge >= 0.3 is 0 Å². The fraction of sp³-hybridized carbons (Fsp3) is 0.0167. The third kappa shape index (κ3) is 6.50. The maximum absolute atomic E-state index is 5.29. The summed E-state index contributed by atoms with van der Waals surface area (Å²) in [5.74, 6) is 0. The molecule has 12 rings (SSSR count). The fourth-order valence-corrected chi connectivity index (χ4v) is 9.63. The molecule has 1 aliphatic heterocycles. The Morgan fingerprint density at radius 1 is 0.381 bits per heavy atom. The van der Waals surface area contributed by atoms with E-state index in [0.717, 1.165) is 45.0 Å². The van der Waals surface area contributed by atoms with E-state index in [1.165, 1.54) is 66.0 Å². The molecule has 2 aromatic heterocycles. The predicted molar refractivity (Wildman–Crippen MR) is 264 cm³/mol. The molecule has 0 radical (unpaired) electrons. The molecule has 1 unspecified atom stereocenters. The number of rotatable bonds is 7. The Bertz CT molecular complexity index is 3460. The van der Waals surface area contributed by atoms with Crippen LogP contribution in [0.2, 0.25) is 0 Å². The highest BCUT2D eigenvalue weighted by Crippen LogP contribution is 2.45. The van der Waals surface area contributed by atoms with Crippen LogP contribution in [0.4, 0.5) is 5.69 Å². The second-order valence-electron chi connectivity index (χ2n) is 16.4. The Labute approximate surface area is 366 Å². The second-order valence-corrected chi connectivity index (χ2v) is 16.4. The van der Waals surface area contributed by atoms with Gasteiger partial charge in [-0.3, -0.25) is 0 Å². The van der Waals surface area contributed by atoms with Crippen LogP contribution in [-0.4, -0.2) is 9.55 Å². The van der Waals surface area contributed by atoms with Gasteiger partial charge in [-0.05, 0) is 104 Å². The van der Waals surface area contributed by atoms with Crippen LogP contribution in [0.15, 0.2) is 237 Å². The summed E-state index contributed by atoms with van der Waals surface area (Å²) in [7, 11) is 0. The summed E-state index contributed by atoms with van der Waals surface area (Å²) >= 11 is 0. The number of para-hydroxylation sites is 2. The van der Waals surface area contributed by atoms with Crippen molar-refractivity contribution in [2.45, 2.75) is 6.04 Å². The molecule has 1 aliphatic rings. The maximum atomic E-state index is 5.29. The summed E-state index contributed by atoms with van der Waals surface area (Å²) in [6.07, 6.45) is 2.39. The molecule has 1 atom stereocenters. The topological polar surface area (TPSA) is 29.9 Å². The van der Waals surface area contributed by atoms with Gasteiger partial charge in [0, 0.05) is 38.8 Å². The summed E-state index contributed by atoms with van der Waals surface area (Å²) in [5, 5.41) is 8.84. The molecule has 296 valence electrons.